The monoisotopic (exact) mass is 284 g/mol. The minimum absolute atomic E-state index is 0.0132. The largest absolute Gasteiger partial charge is 0.349 e. The highest BCUT2D eigenvalue weighted by atomic mass is 16.1. The molecule has 0 radical (unpaired) electrons. The zero-order valence-corrected chi connectivity index (χ0v) is 12.2. The molecule has 5 heteroatoms. The van der Waals surface area contributed by atoms with Crippen LogP contribution in [0.5, 0.6) is 0 Å². The Bertz CT molecular complexity index is 591. The quantitative estimate of drug-likeness (QED) is 0.942. The third-order valence-corrected chi connectivity index (χ3v) is 4.08. The van der Waals surface area contributed by atoms with Crippen molar-refractivity contribution in [2.75, 3.05) is 0 Å². The fraction of sp³-hybridized carbons (Fsp3) is 0.438. The van der Waals surface area contributed by atoms with Crippen LogP contribution >= 0.6 is 0 Å². The number of aromatic nitrogens is 3. The van der Waals surface area contributed by atoms with E-state index in [0.717, 1.165) is 18.5 Å². The molecule has 21 heavy (non-hydrogen) atoms. The Balaban J connectivity index is 1.65. The van der Waals surface area contributed by atoms with Gasteiger partial charge in [0, 0.05) is 11.6 Å². The van der Waals surface area contributed by atoms with Crippen molar-refractivity contribution in [1.82, 2.24) is 20.1 Å². The molecule has 0 bridgehead atoms. The smallest absolute Gasteiger partial charge is 0.251 e. The second kappa shape index (κ2) is 6.08. The zero-order chi connectivity index (χ0) is 14.7. The van der Waals surface area contributed by atoms with Crippen molar-refractivity contribution in [2.45, 2.75) is 38.6 Å². The minimum Gasteiger partial charge on any atom is -0.349 e. The average molecular weight is 284 g/mol. The Morgan fingerprint density at radius 1 is 1.29 bits per heavy atom. The van der Waals surface area contributed by atoms with Gasteiger partial charge in [-0.05, 0) is 43.0 Å². The van der Waals surface area contributed by atoms with E-state index in [9.17, 15) is 4.79 Å². The third-order valence-electron chi connectivity index (χ3n) is 4.08. The molecular formula is C16H20N4O. The molecule has 2 unspecified atom stereocenters. The lowest BCUT2D eigenvalue weighted by atomic mass is 9.87. The first-order valence-electron chi connectivity index (χ1n) is 7.48. The number of nitrogens with zero attached hydrogens (tertiary/aromatic N) is 3. The molecule has 3 rings (SSSR count). The molecule has 1 amide bonds. The van der Waals surface area contributed by atoms with Gasteiger partial charge in [0.15, 0.2) is 0 Å². The second-order valence-corrected chi connectivity index (χ2v) is 5.83. The summed E-state index contributed by atoms with van der Waals surface area (Å²) in [7, 11) is 0. The number of carbonyl (C=O) groups is 1. The first-order valence-corrected chi connectivity index (χ1v) is 7.48. The summed E-state index contributed by atoms with van der Waals surface area (Å²) >= 11 is 0. The van der Waals surface area contributed by atoms with Crippen LogP contribution in [0.4, 0.5) is 0 Å². The number of carbonyl (C=O) groups excluding carboxylic acids is 1. The van der Waals surface area contributed by atoms with E-state index in [4.69, 9.17) is 0 Å². The summed E-state index contributed by atoms with van der Waals surface area (Å²) in [5.74, 6) is 0.720. The Morgan fingerprint density at radius 2 is 2.10 bits per heavy atom. The standard InChI is InChI=1S/C16H20N4O/c1-12-3-2-4-14(9-12)19-16(21)13-5-7-15(8-6-13)20-11-17-10-18-20/h5-8,10-12,14H,2-4,9H2,1H3,(H,19,21). The van der Waals surface area contributed by atoms with Crippen molar-refractivity contribution in [2.24, 2.45) is 5.92 Å². The van der Waals surface area contributed by atoms with Gasteiger partial charge in [-0.3, -0.25) is 4.79 Å². The number of amides is 1. The molecule has 1 saturated carbocycles. The van der Waals surface area contributed by atoms with Crippen LogP contribution in [0.25, 0.3) is 5.69 Å². The predicted octanol–water partition coefficient (Wildman–Crippen LogP) is 2.58. The van der Waals surface area contributed by atoms with Gasteiger partial charge in [0.2, 0.25) is 0 Å². The first kappa shape index (κ1) is 13.8. The van der Waals surface area contributed by atoms with Crippen LogP contribution in [0.3, 0.4) is 0 Å². The Kier molecular flexibility index (Phi) is 3.99. The Hall–Kier alpha value is -2.17. The van der Waals surface area contributed by atoms with Gasteiger partial charge in [-0.1, -0.05) is 19.8 Å². The van der Waals surface area contributed by atoms with E-state index in [1.165, 1.54) is 19.2 Å². The van der Waals surface area contributed by atoms with Crippen LogP contribution < -0.4 is 5.32 Å². The summed E-state index contributed by atoms with van der Waals surface area (Å²) in [5.41, 5.74) is 1.59. The normalized spacial score (nSPS) is 22.0. The maximum absolute atomic E-state index is 12.3. The van der Waals surface area contributed by atoms with Gasteiger partial charge >= 0.3 is 0 Å². The average Bonchev–Trinajstić information content (AvgIpc) is 3.01. The molecule has 0 saturated heterocycles. The summed E-state index contributed by atoms with van der Waals surface area (Å²) in [6.07, 6.45) is 7.79. The fourth-order valence-electron chi connectivity index (χ4n) is 2.94. The lowest BCUT2D eigenvalue weighted by molar-refractivity contribution is 0.0921. The van der Waals surface area contributed by atoms with Crippen molar-refractivity contribution >= 4 is 5.91 Å². The molecule has 110 valence electrons. The van der Waals surface area contributed by atoms with Crippen LogP contribution in [0.2, 0.25) is 0 Å². The summed E-state index contributed by atoms with van der Waals surface area (Å²) in [6.45, 7) is 2.26. The summed E-state index contributed by atoms with van der Waals surface area (Å²) in [6, 6.07) is 7.74. The maximum atomic E-state index is 12.3. The summed E-state index contributed by atoms with van der Waals surface area (Å²) in [4.78, 5) is 16.2. The van der Waals surface area contributed by atoms with E-state index < -0.39 is 0 Å². The lowest BCUT2D eigenvalue weighted by Crippen LogP contribution is -2.37. The highest BCUT2D eigenvalue weighted by Gasteiger charge is 2.20. The molecule has 1 N–H and O–H groups in total. The summed E-state index contributed by atoms with van der Waals surface area (Å²) < 4.78 is 1.67. The maximum Gasteiger partial charge on any atom is 0.251 e. The zero-order valence-electron chi connectivity index (χ0n) is 12.2. The van der Waals surface area contributed by atoms with Gasteiger partial charge in [-0.25, -0.2) is 9.67 Å². The van der Waals surface area contributed by atoms with Crippen LogP contribution in [0.15, 0.2) is 36.9 Å². The van der Waals surface area contributed by atoms with Gasteiger partial charge in [0.25, 0.3) is 5.91 Å². The van der Waals surface area contributed by atoms with Crippen molar-refractivity contribution in [3.05, 3.63) is 42.5 Å². The highest BCUT2D eigenvalue weighted by molar-refractivity contribution is 5.94. The van der Waals surface area contributed by atoms with Gasteiger partial charge in [0.1, 0.15) is 12.7 Å². The number of benzene rings is 1. The minimum atomic E-state index is 0.0132. The van der Waals surface area contributed by atoms with Crippen molar-refractivity contribution in [1.29, 1.82) is 0 Å². The molecule has 5 nitrogen and oxygen atoms in total. The fourth-order valence-corrected chi connectivity index (χ4v) is 2.94. The Labute approximate surface area is 124 Å². The molecule has 1 fully saturated rings. The van der Waals surface area contributed by atoms with Gasteiger partial charge in [-0.2, -0.15) is 5.10 Å². The first-order chi connectivity index (χ1) is 10.2. The molecule has 1 aromatic carbocycles. The molecule has 1 aliphatic carbocycles. The molecule has 0 aliphatic heterocycles. The van der Waals surface area contributed by atoms with Gasteiger partial charge in [0.05, 0.1) is 5.69 Å². The van der Waals surface area contributed by atoms with Crippen LogP contribution in [0, 0.1) is 5.92 Å². The number of nitrogens with one attached hydrogen (secondary N) is 1. The van der Waals surface area contributed by atoms with Crippen LogP contribution in [-0.2, 0) is 0 Å². The molecule has 1 aliphatic rings. The van der Waals surface area contributed by atoms with E-state index in [1.54, 1.807) is 11.0 Å². The van der Waals surface area contributed by atoms with Crippen LogP contribution in [0.1, 0.15) is 43.0 Å². The van der Waals surface area contributed by atoms with E-state index in [2.05, 4.69) is 22.3 Å². The van der Waals surface area contributed by atoms with Crippen molar-refractivity contribution < 1.29 is 4.79 Å². The highest BCUT2D eigenvalue weighted by Crippen LogP contribution is 2.23. The third kappa shape index (κ3) is 3.29. The van der Waals surface area contributed by atoms with Crippen molar-refractivity contribution in [3.8, 4) is 5.69 Å². The van der Waals surface area contributed by atoms with Crippen molar-refractivity contribution in [3.63, 3.8) is 0 Å². The Morgan fingerprint density at radius 3 is 2.76 bits per heavy atom. The van der Waals surface area contributed by atoms with Gasteiger partial charge in [-0.15, -0.1) is 0 Å². The summed E-state index contributed by atoms with van der Waals surface area (Å²) in [5, 5.41) is 7.21. The van der Waals surface area contributed by atoms with E-state index in [1.807, 2.05) is 24.3 Å². The van der Waals surface area contributed by atoms with E-state index >= 15 is 0 Å². The lowest BCUT2D eigenvalue weighted by Gasteiger charge is -2.27. The topological polar surface area (TPSA) is 59.8 Å². The SMILES string of the molecule is CC1CCCC(NC(=O)c2ccc(-n3cncn3)cc2)C1. The molecule has 0 spiro atoms. The molecule has 2 aromatic rings. The van der Waals surface area contributed by atoms with Crippen LogP contribution in [-0.4, -0.2) is 26.7 Å². The predicted molar refractivity (Wildman–Crippen MR) is 80.2 cm³/mol. The van der Waals surface area contributed by atoms with Gasteiger partial charge < -0.3 is 5.32 Å². The molecule has 2 atom stereocenters. The molecular weight excluding hydrogens is 264 g/mol. The molecule has 1 aromatic heterocycles. The number of hydrogen-bond acceptors (Lipinski definition) is 3. The van der Waals surface area contributed by atoms with E-state index in [-0.39, 0.29) is 5.91 Å². The molecule has 1 heterocycles. The van der Waals surface area contributed by atoms with E-state index in [0.29, 0.717) is 17.5 Å². The number of rotatable bonds is 3. The second-order valence-electron chi connectivity index (χ2n) is 5.83. The number of hydrogen-bond donors (Lipinski definition) is 1.